The second kappa shape index (κ2) is 5.50. The molecule has 0 fully saturated rings. The molecule has 0 aliphatic rings. The Balaban J connectivity index is 2.20. The van der Waals surface area contributed by atoms with Crippen LogP contribution in [-0.2, 0) is 11.3 Å². The highest BCUT2D eigenvalue weighted by atomic mass is 32.1. The van der Waals surface area contributed by atoms with Gasteiger partial charge in [0.1, 0.15) is 12.3 Å². The number of aromatic nitrogens is 2. The molecule has 0 N–H and O–H groups in total. The molecule has 0 saturated carbocycles. The Hall–Kier alpha value is -2.08. The second-order valence-electron chi connectivity index (χ2n) is 4.15. The molecule has 3 rings (SSSR count). The lowest BCUT2D eigenvalue weighted by molar-refractivity contribution is 0.158. The standard InChI is InChI=1S/C14H15N3O2S/c1-3-10-13(17-7-9-20-14(17)15-10)12(16-19-4-2)11-6-5-8-18-11/h5-9H,3-4H2,1-2H3/b16-12-. The molecule has 0 saturated heterocycles. The maximum Gasteiger partial charge on any atom is 0.194 e. The zero-order valence-corrected chi connectivity index (χ0v) is 12.2. The van der Waals surface area contributed by atoms with Crippen LogP contribution < -0.4 is 0 Å². The quantitative estimate of drug-likeness (QED) is 0.534. The summed E-state index contributed by atoms with van der Waals surface area (Å²) in [6, 6.07) is 3.72. The fourth-order valence-corrected chi connectivity index (χ4v) is 2.81. The van der Waals surface area contributed by atoms with Crippen molar-refractivity contribution in [3.8, 4) is 0 Å². The number of fused-ring (bicyclic) bond motifs is 1. The van der Waals surface area contributed by atoms with Crippen molar-refractivity contribution in [1.82, 2.24) is 9.38 Å². The van der Waals surface area contributed by atoms with Gasteiger partial charge in [-0.2, -0.15) is 0 Å². The molecular weight excluding hydrogens is 274 g/mol. The summed E-state index contributed by atoms with van der Waals surface area (Å²) in [6.45, 7) is 4.49. The predicted molar refractivity (Wildman–Crippen MR) is 78.4 cm³/mol. The van der Waals surface area contributed by atoms with Gasteiger partial charge in [-0.05, 0) is 25.5 Å². The second-order valence-corrected chi connectivity index (χ2v) is 5.02. The van der Waals surface area contributed by atoms with Crippen molar-refractivity contribution < 1.29 is 9.25 Å². The van der Waals surface area contributed by atoms with Gasteiger partial charge in [0.15, 0.2) is 16.4 Å². The van der Waals surface area contributed by atoms with Crippen molar-refractivity contribution >= 4 is 22.0 Å². The largest absolute Gasteiger partial charge is 0.463 e. The van der Waals surface area contributed by atoms with Gasteiger partial charge in [0.25, 0.3) is 0 Å². The summed E-state index contributed by atoms with van der Waals surface area (Å²) in [4.78, 5) is 10.8. The van der Waals surface area contributed by atoms with Crippen LogP contribution in [0.25, 0.3) is 4.96 Å². The van der Waals surface area contributed by atoms with Crippen LogP contribution in [0.1, 0.15) is 31.0 Å². The molecule has 3 aromatic heterocycles. The van der Waals surface area contributed by atoms with Crippen molar-refractivity contribution in [2.75, 3.05) is 6.61 Å². The van der Waals surface area contributed by atoms with Gasteiger partial charge in [-0.3, -0.25) is 4.40 Å². The molecule has 6 heteroatoms. The fraction of sp³-hybridized carbons (Fsp3) is 0.286. The molecule has 0 aliphatic carbocycles. The van der Waals surface area contributed by atoms with E-state index in [1.807, 2.05) is 35.0 Å². The highest BCUT2D eigenvalue weighted by Gasteiger charge is 2.21. The van der Waals surface area contributed by atoms with Crippen molar-refractivity contribution in [2.45, 2.75) is 20.3 Å². The number of nitrogens with zero attached hydrogens (tertiary/aromatic N) is 3. The summed E-state index contributed by atoms with van der Waals surface area (Å²) in [5, 5.41) is 6.24. The molecule has 0 bridgehead atoms. The van der Waals surface area contributed by atoms with Gasteiger partial charge in [-0.1, -0.05) is 12.1 Å². The van der Waals surface area contributed by atoms with Crippen LogP contribution >= 0.6 is 11.3 Å². The number of oxime groups is 1. The van der Waals surface area contributed by atoms with Crippen molar-refractivity contribution in [1.29, 1.82) is 0 Å². The summed E-state index contributed by atoms with van der Waals surface area (Å²) in [6.07, 6.45) is 4.45. The first-order chi connectivity index (χ1) is 9.85. The Morgan fingerprint density at radius 2 is 2.40 bits per heavy atom. The van der Waals surface area contributed by atoms with E-state index < -0.39 is 0 Å². The third-order valence-electron chi connectivity index (χ3n) is 2.93. The molecule has 0 aromatic carbocycles. The smallest absolute Gasteiger partial charge is 0.194 e. The molecule has 3 heterocycles. The number of thiazole rings is 1. The molecule has 0 amide bonds. The van der Waals surface area contributed by atoms with Gasteiger partial charge < -0.3 is 9.25 Å². The zero-order valence-electron chi connectivity index (χ0n) is 11.4. The van der Waals surface area contributed by atoms with Crippen LogP contribution in [0.2, 0.25) is 0 Å². The van der Waals surface area contributed by atoms with Gasteiger partial charge in [0, 0.05) is 11.6 Å². The molecular formula is C14H15N3O2S. The molecule has 0 aliphatic heterocycles. The summed E-state index contributed by atoms with van der Waals surface area (Å²) in [7, 11) is 0. The zero-order chi connectivity index (χ0) is 13.9. The van der Waals surface area contributed by atoms with Gasteiger partial charge in [0.05, 0.1) is 12.0 Å². The Bertz CT molecular complexity index is 725. The van der Waals surface area contributed by atoms with E-state index >= 15 is 0 Å². The van der Waals surface area contributed by atoms with E-state index in [-0.39, 0.29) is 0 Å². The Morgan fingerprint density at radius 3 is 3.10 bits per heavy atom. The average molecular weight is 289 g/mol. The summed E-state index contributed by atoms with van der Waals surface area (Å²) in [5.41, 5.74) is 2.61. The molecule has 0 unspecified atom stereocenters. The van der Waals surface area contributed by atoms with Crippen LogP contribution in [-0.4, -0.2) is 21.7 Å². The topological polar surface area (TPSA) is 52.0 Å². The highest BCUT2D eigenvalue weighted by molar-refractivity contribution is 7.15. The van der Waals surface area contributed by atoms with Gasteiger partial charge in [-0.25, -0.2) is 4.98 Å². The summed E-state index contributed by atoms with van der Waals surface area (Å²) < 4.78 is 7.52. The lowest BCUT2D eigenvalue weighted by atomic mass is 10.1. The fourth-order valence-electron chi connectivity index (χ4n) is 2.08. The predicted octanol–water partition coefficient (Wildman–Crippen LogP) is 3.34. The SMILES string of the molecule is CCO/N=C(/c1ccco1)c1c(CC)nc2sccn12. The van der Waals surface area contributed by atoms with Gasteiger partial charge in [-0.15, -0.1) is 11.3 Å². The lowest BCUT2D eigenvalue weighted by Gasteiger charge is -2.05. The van der Waals surface area contributed by atoms with Crippen molar-refractivity contribution in [3.05, 3.63) is 47.1 Å². The van der Waals surface area contributed by atoms with Crippen LogP contribution in [0.4, 0.5) is 0 Å². The number of hydrogen-bond acceptors (Lipinski definition) is 5. The van der Waals surface area contributed by atoms with Gasteiger partial charge in [0.2, 0.25) is 0 Å². The highest BCUT2D eigenvalue weighted by Crippen LogP contribution is 2.22. The number of furan rings is 1. The van der Waals surface area contributed by atoms with Crippen molar-refractivity contribution in [3.63, 3.8) is 0 Å². The summed E-state index contributed by atoms with van der Waals surface area (Å²) in [5.74, 6) is 0.682. The first kappa shape index (κ1) is 12.9. The minimum absolute atomic E-state index is 0.511. The monoisotopic (exact) mass is 289 g/mol. The molecule has 3 aromatic rings. The molecule has 0 radical (unpaired) electrons. The van der Waals surface area contributed by atoms with Crippen LogP contribution in [0.5, 0.6) is 0 Å². The Labute approximate surface area is 120 Å². The van der Waals surface area contributed by atoms with E-state index in [0.717, 1.165) is 22.8 Å². The molecule has 0 atom stereocenters. The number of aryl methyl sites for hydroxylation is 1. The average Bonchev–Trinajstić information content (AvgIpc) is 3.16. The van der Waals surface area contributed by atoms with E-state index in [0.29, 0.717) is 18.1 Å². The van der Waals surface area contributed by atoms with E-state index in [1.165, 1.54) is 0 Å². The Kier molecular flexibility index (Phi) is 3.56. The maximum absolute atomic E-state index is 5.49. The van der Waals surface area contributed by atoms with Crippen LogP contribution in [0.15, 0.2) is 39.5 Å². The lowest BCUT2D eigenvalue weighted by Crippen LogP contribution is -2.09. The number of imidazole rings is 1. The van der Waals surface area contributed by atoms with Gasteiger partial charge >= 0.3 is 0 Å². The van der Waals surface area contributed by atoms with E-state index in [4.69, 9.17) is 9.25 Å². The maximum atomic E-state index is 5.49. The first-order valence-electron chi connectivity index (χ1n) is 6.53. The van der Waals surface area contributed by atoms with E-state index in [9.17, 15) is 0 Å². The van der Waals surface area contributed by atoms with Crippen LogP contribution in [0.3, 0.4) is 0 Å². The molecule has 104 valence electrons. The molecule has 20 heavy (non-hydrogen) atoms. The molecule has 0 spiro atoms. The van der Waals surface area contributed by atoms with Crippen molar-refractivity contribution in [2.24, 2.45) is 5.16 Å². The Morgan fingerprint density at radius 1 is 1.50 bits per heavy atom. The minimum Gasteiger partial charge on any atom is -0.463 e. The number of hydrogen-bond donors (Lipinski definition) is 0. The van der Waals surface area contributed by atoms with E-state index in [1.54, 1.807) is 17.6 Å². The summed E-state index contributed by atoms with van der Waals surface area (Å²) >= 11 is 1.60. The number of rotatable bonds is 5. The normalized spacial score (nSPS) is 12.2. The minimum atomic E-state index is 0.511. The first-order valence-corrected chi connectivity index (χ1v) is 7.41. The van der Waals surface area contributed by atoms with E-state index in [2.05, 4.69) is 17.1 Å². The van der Waals surface area contributed by atoms with Crippen LogP contribution in [0, 0.1) is 0 Å². The third kappa shape index (κ3) is 2.12. The third-order valence-corrected chi connectivity index (χ3v) is 3.69. The molecule has 5 nitrogen and oxygen atoms in total.